The highest BCUT2D eigenvalue weighted by molar-refractivity contribution is 6.01. The molecule has 1 aromatic carbocycles. The molecule has 10 heteroatoms. The molecule has 0 spiro atoms. The van der Waals surface area contributed by atoms with Gasteiger partial charge in [0.25, 0.3) is 11.5 Å². The third-order valence-electron chi connectivity index (χ3n) is 6.55. The van der Waals surface area contributed by atoms with Gasteiger partial charge in [-0.05, 0) is 49.8 Å². The van der Waals surface area contributed by atoms with Crippen LogP contribution < -0.4 is 26.2 Å². The molecule has 4 N–H and O–H groups in total. The van der Waals surface area contributed by atoms with Gasteiger partial charge in [-0.3, -0.25) is 14.4 Å². The van der Waals surface area contributed by atoms with Crippen LogP contribution in [0.3, 0.4) is 0 Å². The fraction of sp³-hybridized carbons (Fsp3) is 0.385. The van der Waals surface area contributed by atoms with Gasteiger partial charge < -0.3 is 30.4 Å². The molecular weight excluding hydrogens is 462 g/mol. The summed E-state index contributed by atoms with van der Waals surface area (Å²) in [5, 5.41) is 9.41. The molecule has 1 saturated heterocycles. The van der Waals surface area contributed by atoms with Gasteiger partial charge >= 0.3 is 0 Å². The van der Waals surface area contributed by atoms with E-state index in [0.29, 0.717) is 65.1 Å². The van der Waals surface area contributed by atoms with E-state index in [4.69, 9.17) is 9.47 Å². The summed E-state index contributed by atoms with van der Waals surface area (Å²) in [7, 11) is 1.49. The Balaban J connectivity index is 1.44. The van der Waals surface area contributed by atoms with Crippen LogP contribution in [0.2, 0.25) is 0 Å². The van der Waals surface area contributed by atoms with Crippen molar-refractivity contribution < 1.29 is 19.1 Å². The Kier molecular flexibility index (Phi) is 6.86. The van der Waals surface area contributed by atoms with Crippen LogP contribution in [0, 0.1) is 11.8 Å². The molecule has 0 bridgehead atoms. The lowest BCUT2D eigenvalue weighted by atomic mass is 10.0. The molecule has 2 aromatic heterocycles. The molecule has 2 fully saturated rings. The lowest BCUT2D eigenvalue weighted by Gasteiger charge is -2.22. The molecule has 3 heterocycles. The largest absolute Gasteiger partial charge is 0.494 e. The van der Waals surface area contributed by atoms with Crippen molar-refractivity contribution in [3.05, 3.63) is 52.4 Å². The maximum atomic E-state index is 13.0. The van der Waals surface area contributed by atoms with E-state index in [2.05, 4.69) is 25.9 Å². The van der Waals surface area contributed by atoms with Gasteiger partial charge in [0, 0.05) is 37.9 Å². The summed E-state index contributed by atoms with van der Waals surface area (Å²) in [5.41, 5.74) is 1.42. The number of fused-ring (bicyclic) bond motifs is 1. The Hall–Kier alpha value is -3.92. The number of aromatic nitrogens is 2. The summed E-state index contributed by atoms with van der Waals surface area (Å²) in [4.78, 5) is 45.1. The first-order chi connectivity index (χ1) is 17.5. The van der Waals surface area contributed by atoms with Crippen LogP contribution >= 0.6 is 0 Å². The number of benzene rings is 1. The molecule has 0 radical (unpaired) electrons. The third kappa shape index (κ3) is 5.18. The minimum absolute atomic E-state index is 0.00880. The number of anilines is 3. The first-order valence-corrected chi connectivity index (χ1v) is 12.2. The Labute approximate surface area is 207 Å². The van der Waals surface area contributed by atoms with Crippen molar-refractivity contribution in [1.29, 1.82) is 0 Å². The topological polar surface area (TPSA) is 134 Å². The molecule has 2 amide bonds. The number of para-hydroxylation sites is 1. The number of pyridine rings is 2. The smallest absolute Gasteiger partial charge is 0.259 e. The number of rotatable bonds is 8. The summed E-state index contributed by atoms with van der Waals surface area (Å²) in [5.74, 6) is 0.763. The number of nitrogens with zero attached hydrogens (tertiary/aromatic N) is 1. The van der Waals surface area contributed by atoms with E-state index < -0.39 is 0 Å². The SMILES string of the molecule is COc1c(Nc2cc(NC(=O)C3CC3)nc3cc[nH]c(=O)c23)cccc1C(=O)NCC1CCOCC1. The normalized spacial score (nSPS) is 15.9. The molecule has 2 aliphatic rings. The number of carbonyl (C=O) groups excluding carboxylic acids is 2. The summed E-state index contributed by atoms with van der Waals surface area (Å²) >= 11 is 0. The second-order valence-electron chi connectivity index (χ2n) is 9.16. The van der Waals surface area contributed by atoms with Crippen molar-refractivity contribution in [3.63, 3.8) is 0 Å². The molecule has 1 aliphatic carbocycles. The van der Waals surface area contributed by atoms with E-state index >= 15 is 0 Å². The third-order valence-corrected chi connectivity index (χ3v) is 6.55. The van der Waals surface area contributed by atoms with E-state index in [1.165, 1.54) is 13.3 Å². The maximum absolute atomic E-state index is 13.0. The molecule has 36 heavy (non-hydrogen) atoms. The van der Waals surface area contributed by atoms with Crippen molar-refractivity contribution in [1.82, 2.24) is 15.3 Å². The Morgan fingerprint density at radius 1 is 1.14 bits per heavy atom. The van der Waals surface area contributed by atoms with Gasteiger partial charge in [-0.1, -0.05) is 6.07 Å². The van der Waals surface area contributed by atoms with Gasteiger partial charge in [0.05, 0.1) is 35.0 Å². The summed E-state index contributed by atoms with van der Waals surface area (Å²) in [6.07, 6.45) is 5.08. The lowest BCUT2D eigenvalue weighted by molar-refractivity contribution is -0.117. The molecule has 188 valence electrons. The standard InChI is InChI=1S/C26H29N5O5/c1-35-23-17(25(33)28-14-15-8-11-36-12-9-15)3-2-4-19(23)29-20-13-21(31-24(32)16-5-6-16)30-18-7-10-27-26(34)22(18)20/h2-4,7,10,13,15-16H,5-6,8-9,11-12,14H2,1H3,(H,27,34)(H,28,33)(H2,29,30,31,32). The van der Waals surface area contributed by atoms with E-state index in [0.717, 1.165) is 25.7 Å². The van der Waals surface area contributed by atoms with Gasteiger partial charge in [-0.2, -0.15) is 0 Å². The maximum Gasteiger partial charge on any atom is 0.259 e. The quantitative estimate of drug-likeness (QED) is 0.380. The molecule has 10 nitrogen and oxygen atoms in total. The van der Waals surface area contributed by atoms with E-state index in [1.54, 1.807) is 30.3 Å². The van der Waals surface area contributed by atoms with Crippen molar-refractivity contribution in [2.45, 2.75) is 25.7 Å². The Morgan fingerprint density at radius 2 is 1.94 bits per heavy atom. The highest BCUT2D eigenvalue weighted by Gasteiger charge is 2.30. The first-order valence-electron chi connectivity index (χ1n) is 12.2. The molecule has 3 aromatic rings. The van der Waals surface area contributed by atoms with E-state index in [1.807, 2.05) is 0 Å². The number of aromatic amines is 1. The summed E-state index contributed by atoms with van der Waals surface area (Å²) < 4.78 is 11.0. The van der Waals surface area contributed by atoms with Gasteiger partial charge in [0.2, 0.25) is 5.91 Å². The zero-order valence-corrected chi connectivity index (χ0v) is 20.1. The number of carbonyl (C=O) groups is 2. The van der Waals surface area contributed by atoms with Gasteiger partial charge in [-0.25, -0.2) is 4.98 Å². The summed E-state index contributed by atoms with van der Waals surface area (Å²) in [6.45, 7) is 1.99. The van der Waals surface area contributed by atoms with Gasteiger partial charge in [0.1, 0.15) is 5.82 Å². The molecular formula is C26H29N5O5. The van der Waals surface area contributed by atoms with Crippen molar-refractivity contribution in [3.8, 4) is 5.75 Å². The first kappa shape index (κ1) is 23.8. The number of methoxy groups -OCH3 is 1. The monoisotopic (exact) mass is 491 g/mol. The summed E-state index contributed by atoms with van der Waals surface area (Å²) in [6, 6.07) is 8.50. The fourth-order valence-electron chi connectivity index (χ4n) is 4.39. The van der Waals surface area contributed by atoms with Crippen LogP contribution in [0.4, 0.5) is 17.2 Å². The van der Waals surface area contributed by atoms with Crippen LogP contribution in [0.1, 0.15) is 36.0 Å². The zero-order valence-electron chi connectivity index (χ0n) is 20.1. The van der Waals surface area contributed by atoms with Crippen molar-refractivity contribution in [2.24, 2.45) is 11.8 Å². The highest BCUT2D eigenvalue weighted by Crippen LogP contribution is 2.35. The lowest BCUT2D eigenvalue weighted by Crippen LogP contribution is -2.32. The zero-order chi connectivity index (χ0) is 25.1. The van der Waals surface area contributed by atoms with Gasteiger partial charge in [0.15, 0.2) is 5.75 Å². The molecule has 1 saturated carbocycles. The van der Waals surface area contributed by atoms with Crippen LogP contribution in [0.25, 0.3) is 10.9 Å². The second kappa shape index (κ2) is 10.4. The fourth-order valence-corrected chi connectivity index (χ4v) is 4.39. The van der Waals surface area contributed by atoms with Crippen LogP contribution in [0.15, 0.2) is 41.3 Å². The second-order valence-corrected chi connectivity index (χ2v) is 9.16. The number of amides is 2. The van der Waals surface area contributed by atoms with Crippen LogP contribution in [-0.4, -0.2) is 48.7 Å². The molecule has 0 atom stereocenters. The number of ether oxygens (including phenoxy) is 2. The molecule has 5 rings (SSSR count). The highest BCUT2D eigenvalue weighted by atomic mass is 16.5. The number of nitrogens with one attached hydrogen (secondary N) is 4. The molecule has 0 unspecified atom stereocenters. The van der Waals surface area contributed by atoms with Crippen molar-refractivity contribution in [2.75, 3.05) is 37.5 Å². The van der Waals surface area contributed by atoms with Gasteiger partial charge in [-0.15, -0.1) is 0 Å². The average Bonchev–Trinajstić information content (AvgIpc) is 3.73. The van der Waals surface area contributed by atoms with E-state index in [-0.39, 0.29) is 23.3 Å². The minimum atomic E-state index is -0.327. The average molecular weight is 492 g/mol. The number of H-pyrrole nitrogens is 1. The van der Waals surface area contributed by atoms with E-state index in [9.17, 15) is 14.4 Å². The number of hydrogen-bond donors (Lipinski definition) is 4. The molecule has 1 aliphatic heterocycles. The predicted molar refractivity (Wildman–Crippen MR) is 136 cm³/mol. The van der Waals surface area contributed by atoms with Crippen LogP contribution in [-0.2, 0) is 9.53 Å². The minimum Gasteiger partial charge on any atom is -0.494 e. The van der Waals surface area contributed by atoms with Crippen molar-refractivity contribution >= 4 is 39.9 Å². The number of hydrogen-bond acceptors (Lipinski definition) is 7. The van der Waals surface area contributed by atoms with Crippen LogP contribution in [0.5, 0.6) is 5.75 Å². The Morgan fingerprint density at radius 3 is 2.69 bits per heavy atom. The Bertz CT molecular complexity index is 1340. The predicted octanol–water partition coefficient (Wildman–Crippen LogP) is 3.18.